The first-order valence-corrected chi connectivity index (χ1v) is 17.4. The van der Waals surface area contributed by atoms with Crippen LogP contribution < -0.4 is 4.90 Å². The van der Waals surface area contributed by atoms with Gasteiger partial charge in [0.05, 0.1) is 0 Å². The van der Waals surface area contributed by atoms with E-state index < -0.39 is 0 Å². The molecule has 244 valence electrons. The maximum absolute atomic E-state index is 6.58. The highest BCUT2D eigenvalue weighted by molar-refractivity contribution is 6.13. The molecule has 0 aliphatic rings. The number of nitrogens with zero attached hydrogens (tertiary/aromatic N) is 2. The summed E-state index contributed by atoms with van der Waals surface area (Å²) in [5.74, 6) is 0.574. The molecule has 5 heteroatoms. The lowest BCUT2D eigenvalue weighted by Gasteiger charge is -2.26. The molecule has 0 spiro atoms. The summed E-state index contributed by atoms with van der Waals surface area (Å²) in [6.45, 7) is 0. The van der Waals surface area contributed by atoms with Crippen molar-refractivity contribution in [1.82, 2.24) is 4.98 Å². The molecule has 0 aliphatic heterocycles. The van der Waals surface area contributed by atoms with Gasteiger partial charge in [-0.15, -0.1) is 0 Å². The molecule has 0 saturated heterocycles. The highest BCUT2D eigenvalue weighted by Gasteiger charge is 2.21. The summed E-state index contributed by atoms with van der Waals surface area (Å²) in [5, 5.41) is 6.52. The highest BCUT2D eigenvalue weighted by Crippen LogP contribution is 2.44. The zero-order valence-corrected chi connectivity index (χ0v) is 27.8. The van der Waals surface area contributed by atoms with E-state index in [0.717, 1.165) is 83.0 Å². The average Bonchev–Trinajstić information content (AvgIpc) is 3.91. The van der Waals surface area contributed by atoms with Gasteiger partial charge in [0.15, 0.2) is 5.58 Å². The number of hydrogen-bond donors (Lipinski definition) is 0. The molecule has 0 N–H and O–H groups in total. The Morgan fingerprint density at radius 1 is 0.385 bits per heavy atom. The molecule has 0 radical (unpaired) electrons. The third-order valence-electron chi connectivity index (χ3n) is 10.1. The molecule has 52 heavy (non-hydrogen) atoms. The van der Waals surface area contributed by atoms with Gasteiger partial charge >= 0.3 is 0 Å². The third kappa shape index (κ3) is 4.46. The van der Waals surface area contributed by atoms with E-state index in [2.05, 4.69) is 120 Å². The van der Waals surface area contributed by atoms with Crippen molar-refractivity contribution < 1.29 is 13.3 Å². The van der Waals surface area contributed by atoms with E-state index in [-0.39, 0.29) is 0 Å². The molecule has 11 rings (SSSR count). The normalized spacial score (nSPS) is 11.8. The van der Waals surface area contributed by atoms with Crippen molar-refractivity contribution in [2.45, 2.75) is 0 Å². The van der Waals surface area contributed by atoms with Crippen molar-refractivity contribution in [3.63, 3.8) is 0 Å². The summed E-state index contributed by atoms with van der Waals surface area (Å²) in [5.41, 5.74) is 11.1. The highest BCUT2D eigenvalue weighted by atomic mass is 16.4. The fourth-order valence-electron chi connectivity index (χ4n) is 7.70. The molecule has 0 unspecified atom stereocenters. The van der Waals surface area contributed by atoms with Crippen molar-refractivity contribution in [1.29, 1.82) is 0 Å². The molecule has 0 saturated carbocycles. The van der Waals surface area contributed by atoms with E-state index in [1.165, 1.54) is 16.5 Å². The van der Waals surface area contributed by atoms with E-state index in [9.17, 15) is 0 Å². The molecule has 3 heterocycles. The fourth-order valence-corrected chi connectivity index (χ4v) is 7.70. The van der Waals surface area contributed by atoms with Gasteiger partial charge in [0.1, 0.15) is 27.8 Å². The number of benzene rings is 8. The van der Waals surface area contributed by atoms with Crippen molar-refractivity contribution in [3.8, 4) is 22.6 Å². The Bertz CT molecular complexity index is 3120. The number of furan rings is 2. The number of rotatable bonds is 5. The second kappa shape index (κ2) is 11.2. The molecule has 11 aromatic rings. The zero-order chi connectivity index (χ0) is 34.2. The molecular weight excluding hydrogens is 641 g/mol. The van der Waals surface area contributed by atoms with Crippen molar-refractivity contribution in [2.75, 3.05) is 4.90 Å². The van der Waals surface area contributed by atoms with Gasteiger partial charge in [0, 0.05) is 56.3 Å². The van der Waals surface area contributed by atoms with E-state index in [4.69, 9.17) is 18.2 Å². The van der Waals surface area contributed by atoms with Crippen LogP contribution in [0.3, 0.4) is 0 Å². The van der Waals surface area contributed by atoms with Gasteiger partial charge in [-0.1, -0.05) is 91.0 Å². The summed E-state index contributed by atoms with van der Waals surface area (Å²) in [4.78, 5) is 7.08. The monoisotopic (exact) mass is 668 g/mol. The van der Waals surface area contributed by atoms with Crippen LogP contribution in [0.15, 0.2) is 183 Å². The predicted octanol–water partition coefficient (Wildman–Crippen LogP) is 13.6. The molecular formula is C47H28N2O3. The van der Waals surface area contributed by atoms with Crippen LogP contribution in [0.1, 0.15) is 0 Å². The van der Waals surface area contributed by atoms with Gasteiger partial charge in [0.2, 0.25) is 5.89 Å². The van der Waals surface area contributed by atoms with Crippen molar-refractivity contribution in [3.05, 3.63) is 170 Å². The van der Waals surface area contributed by atoms with Crippen LogP contribution in [0.25, 0.3) is 88.3 Å². The lowest BCUT2D eigenvalue weighted by Crippen LogP contribution is -2.09. The Balaban J connectivity index is 1.10. The van der Waals surface area contributed by atoms with Crippen molar-refractivity contribution in [2.24, 2.45) is 0 Å². The van der Waals surface area contributed by atoms with E-state index in [1.54, 1.807) is 0 Å². The first-order valence-electron chi connectivity index (χ1n) is 17.4. The van der Waals surface area contributed by atoms with Gasteiger partial charge in [-0.2, -0.15) is 0 Å². The summed E-state index contributed by atoms with van der Waals surface area (Å²) in [7, 11) is 0. The second-order valence-corrected chi connectivity index (χ2v) is 13.1. The van der Waals surface area contributed by atoms with Crippen LogP contribution in [-0.2, 0) is 0 Å². The molecule has 8 aromatic carbocycles. The average molecular weight is 669 g/mol. The van der Waals surface area contributed by atoms with E-state index in [0.29, 0.717) is 5.89 Å². The number of aromatic nitrogens is 1. The quantitative estimate of drug-likeness (QED) is 0.183. The van der Waals surface area contributed by atoms with Crippen LogP contribution in [0.2, 0.25) is 0 Å². The second-order valence-electron chi connectivity index (χ2n) is 13.1. The first-order chi connectivity index (χ1) is 25.7. The summed E-state index contributed by atoms with van der Waals surface area (Å²) in [6, 6.07) is 58.7. The first kappa shape index (κ1) is 28.7. The van der Waals surface area contributed by atoms with Crippen LogP contribution in [-0.4, -0.2) is 4.98 Å². The molecule has 0 atom stereocenters. The van der Waals surface area contributed by atoms with E-state index >= 15 is 0 Å². The number of hydrogen-bond acceptors (Lipinski definition) is 5. The summed E-state index contributed by atoms with van der Waals surface area (Å²) >= 11 is 0. The van der Waals surface area contributed by atoms with Crippen LogP contribution in [0.4, 0.5) is 17.1 Å². The maximum Gasteiger partial charge on any atom is 0.228 e. The third-order valence-corrected chi connectivity index (χ3v) is 10.1. The smallest absolute Gasteiger partial charge is 0.228 e. The summed E-state index contributed by atoms with van der Waals surface area (Å²) in [6.07, 6.45) is 0. The molecule has 0 aliphatic carbocycles. The molecule has 0 fully saturated rings. The van der Waals surface area contributed by atoms with Gasteiger partial charge in [-0.05, 0) is 88.6 Å². The number of para-hydroxylation sites is 3. The molecule has 0 bridgehead atoms. The minimum absolute atomic E-state index is 0.574. The van der Waals surface area contributed by atoms with Crippen LogP contribution in [0.5, 0.6) is 0 Å². The number of fused-ring (bicyclic) bond motifs is 8. The standard InChI is InChI=1S/C47H28N2O3/c1-2-10-29(11-3-1)34-14-8-12-30-26-31(20-23-35(30)34)49(32-21-24-37-36-13-4-6-17-41(36)50-44(37)27-32)33-22-25-38-45(28-33)51-43-19-9-15-39(46(38)43)47-48-40-16-5-7-18-42(40)52-47/h1-28H. The Morgan fingerprint density at radius 3 is 1.85 bits per heavy atom. The van der Waals surface area contributed by atoms with Gasteiger partial charge in [0.25, 0.3) is 0 Å². The number of oxazole rings is 1. The lowest BCUT2D eigenvalue weighted by molar-refractivity contribution is 0.620. The topological polar surface area (TPSA) is 55.6 Å². The SMILES string of the molecule is c1ccc(-c2cccc3cc(N(c4ccc5c(c4)oc4ccccc45)c4ccc5c(c4)oc4cccc(-c6nc7ccccc7o6)c45)ccc23)cc1. The van der Waals surface area contributed by atoms with Gasteiger partial charge in [-0.25, -0.2) is 4.98 Å². The maximum atomic E-state index is 6.58. The lowest BCUT2D eigenvalue weighted by atomic mass is 9.97. The Labute approximate surface area is 297 Å². The molecule has 5 nitrogen and oxygen atoms in total. The molecule has 3 aromatic heterocycles. The Morgan fingerprint density at radius 2 is 1.00 bits per heavy atom. The van der Waals surface area contributed by atoms with Crippen LogP contribution in [0, 0.1) is 0 Å². The van der Waals surface area contributed by atoms with E-state index in [1.807, 2.05) is 54.6 Å². The molecule has 0 amide bonds. The predicted molar refractivity (Wildman–Crippen MR) is 212 cm³/mol. The Hall–Kier alpha value is -7.11. The minimum Gasteiger partial charge on any atom is -0.456 e. The Kier molecular flexibility index (Phi) is 6.18. The van der Waals surface area contributed by atoms with Gasteiger partial charge in [-0.3, -0.25) is 0 Å². The van der Waals surface area contributed by atoms with Crippen LogP contribution >= 0.6 is 0 Å². The summed E-state index contributed by atoms with van der Waals surface area (Å²) < 4.78 is 19.2. The number of anilines is 3. The fraction of sp³-hybridized carbons (Fsp3) is 0. The zero-order valence-electron chi connectivity index (χ0n) is 27.8. The minimum atomic E-state index is 0.574. The van der Waals surface area contributed by atoms with Crippen molar-refractivity contribution >= 4 is 82.8 Å². The largest absolute Gasteiger partial charge is 0.456 e. The van der Waals surface area contributed by atoms with Gasteiger partial charge < -0.3 is 18.2 Å².